The Morgan fingerprint density at radius 3 is 2.81 bits per heavy atom. The van der Waals surface area contributed by atoms with Crippen molar-refractivity contribution in [2.24, 2.45) is 5.73 Å². The zero-order valence-corrected chi connectivity index (χ0v) is 13.0. The number of fused-ring (bicyclic) bond motifs is 1. The van der Waals surface area contributed by atoms with Crippen LogP contribution in [0, 0.1) is 0 Å². The number of nitrogens with zero attached hydrogens (tertiary/aromatic N) is 3. The van der Waals surface area contributed by atoms with E-state index in [1.54, 1.807) is 6.33 Å². The molecule has 2 heterocycles. The summed E-state index contributed by atoms with van der Waals surface area (Å²) in [5.41, 5.74) is 8.66. The molecule has 1 aromatic heterocycles. The molecular formula is C15H15BrN4O. The van der Waals surface area contributed by atoms with E-state index < -0.39 is 6.04 Å². The summed E-state index contributed by atoms with van der Waals surface area (Å²) in [6.45, 7) is 1.38. The van der Waals surface area contributed by atoms with Crippen molar-refractivity contribution >= 4 is 21.8 Å². The summed E-state index contributed by atoms with van der Waals surface area (Å²) in [6, 6.07) is 7.27. The number of primary amides is 1. The lowest BCUT2D eigenvalue weighted by Gasteiger charge is -2.33. The molecule has 1 aliphatic rings. The molecule has 0 radical (unpaired) electrons. The first-order valence-corrected chi connectivity index (χ1v) is 7.51. The normalized spacial score (nSPS) is 16.2. The number of amides is 1. The number of carbonyl (C=O) groups excluding carboxylic acids is 1. The highest BCUT2D eigenvalue weighted by Gasteiger charge is 2.29. The number of hydrogen-bond acceptors (Lipinski definition) is 4. The second-order valence-corrected chi connectivity index (χ2v) is 5.99. The van der Waals surface area contributed by atoms with Crippen LogP contribution in [-0.4, -0.2) is 27.3 Å². The molecule has 1 amide bonds. The smallest absolute Gasteiger partial charge is 0.239 e. The van der Waals surface area contributed by atoms with Crippen LogP contribution in [-0.2, 0) is 17.8 Å². The van der Waals surface area contributed by atoms with Gasteiger partial charge in [-0.3, -0.25) is 9.69 Å². The Hall–Kier alpha value is -1.79. The summed E-state index contributed by atoms with van der Waals surface area (Å²) in [5.74, 6) is -0.338. The minimum absolute atomic E-state index is 0.338. The molecule has 21 heavy (non-hydrogen) atoms. The van der Waals surface area contributed by atoms with E-state index in [0.717, 1.165) is 34.3 Å². The lowest BCUT2D eigenvalue weighted by atomic mass is 10.00. The van der Waals surface area contributed by atoms with Gasteiger partial charge in [0.15, 0.2) is 0 Å². The number of rotatable bonds is 3. The first-order valence-electron chi connectivity index (χ1n) is 6.72. The van der Waals surface area contributed by atoms with Gasteiger partial charge in [0.25, 0.3) is 0 Å². The molecule has 1 aliphatic heterocycles. The van der Waals surface area contributed by atoms with Gasteiger partial charge in [0.2, 0.25) is 5.91 Å². The van der Waals surface area contributed by atoms with Crippen LogP contribution in [0.5, 0.6) is 0 Å². The van der Waals surface area contributed by atoms with Gasteiger partial charge in [0.1, 0.15) is 12.4 Å². The Morgan fingerprint density at radius 1 is 1.33 bits per heavy atom. The molecule has 2 N–H and O–H groups in total. The van der Waals surface area contributed by atoms with E-state index in [0.29, 0.717) is 6.54 Å². The first kappa shape index (κ1) is 14.2. The monoisotopic (exact) mass is 346 g/mol. The van der Waals surface area contributed by atoms with Crippen LogP contribution in [0.3, 0.4) is 0 Å². The number of carbonyl (C=O) groups is 1. The molecule has 0 aliphatic carbocycles. The Morgan fingerprint density at radius 2 is 2.10 bits per heavy atom. The summed E-state index contributed by atoms with van der Waals surface area (Å²) >= 11 is 3.40. The lowest BCUT2D eigenvalue weighted by Crippen LogP contribution is -2.41. The summed E-state index contributed by atoms with van der Waals surface area (Å²) in [4.78, 5) is 22.4. The van der Waals surface area contributed by atoms with Crippen LogP contribution in [0.25, 0.3) is 0 Å². The van der Waals surface area contributed by atoms with Crippen molar-refractivity contribution in [2.75, 3.05) is 6.54 Å². The summed E-state index contributed by atoms with van der Waals surface area (Å²) < 4.78 is 0.978. The van der Waals surface area contributed by atoms with Crippen LogP contribution in [0.15, 0.2) is 41.3 Å². The second kappa shape index (κ2) is 5.91. The van der Waals surface area contributed by atoms with Gasteiger partial charge in [-0.1, -0.05) is 28.1 Å². The second-order valence-electron chi connectivity index (χ2n) is 5.07. The van der Waals surface area contributed by atoms with Crippen molar-refractivity contribution in [1.82, 2.24) is 14.9 Å². The van der Waals surface area contributed by atoms with Crippen LogP contribution >= 0.6 is 15.9 Å². The highest BCUT2D eigenvalue weighted by atomic mass is 79.9. The molecule has 0 fully saturated rings. The van der Waals surface area contributed by atoms with E-state index in [4.69, 9.17) is 5.73 Å². The maximum Gasteiger partial charge on any atom is 0.239 e. The van der Waals surface area contributed by atoms with Crippen molar-refractivity contribution in [3.05, 3.63) is 58.1 Å². The topological polar surface area (TPSA) is 72.1 Å². The maximum absolute atomic E-state index is 11.9. The van der Waals surface area contributed by atoms with Gasteiger partial charge < -0.3 is 5.73 Å². The van der Waals surface area contributed by atoms with Crippen molar-refractivity contribution in [3.63, 3.8) is 0 Å². The number of halogens is 1. The molecule has 6 heteroatoms. The zero-order valence-electron chi connectivity index (χ0n) is 11.4. The molecule has 1 aromatic carbocycles. The van der Waals surface area contributed by atoms with Gasteiger partial charge in [-0.25, -0.2) is 9.97 Å². The number of hydrogen-bond donors (Lipinski definition) is 1. The van der Waals surface area contributed by atoms with Crippen LogP contribution in [0.4, 0.5) is 0 Å². The first-order chi connectivity index (χ1) is 10.1. The van der Waals surface area contributed by atoms with Gasteiger partial charge in [-0.05, 0) is 29.7 Å². The van der Waals surface area contributed by atoms with E-state index >= 15 is 0 Å². The summed E-state index contributed by atoms with van der Waals surface area (Å²) in [7, 11) is 0. The standard InChI is InChI=1S/C15H15BrN4O/c16-12-3-1-10(2-4-12)14(15(17)21)20-6-5-11-7-18-9-19-13(11)8-20/h1-4,7,9,14H,5-6,8H2,(H2,17,21)/t14-/m0/s1. The molecule has 1 atom stereocenters. The minimum atomic E-state index is -0.429. The third kappa shape index (κ3) is 2.96. The van der Waals surface area contributed by atoms with Gasteiger partial charge >= 0.3 is 0 Å². The van der Waals surface area contributed by atoms with Crippen molar-refractivity contribution in [1.29, 1.82) is 0 Å². The number of aromatic nitrogens is 2. The fraction of sp³-hybridized carbons (Fsp3) is 0.267. The van der Waals surface area contributed by atoms with Crippen molar-refractivity contribution < 1.29 is 4.79 Å². The third-order valence-corrected chi connectivity index (χ3v) is 4.25. The van der Waals surface area contributed by atoms with Crippen molar-refractivity contribution in [3.8, 4) is 0 Å². The third-order valence-electron chi connectivity index (χ3n) is 3.72. The fourth-order valence-electron chi connectivity index (χ4n) is 2.69. The molecule has 0 saturated heterocycles. The molecule has 0 spiro atoms. The van der Waals surface area contributed by atoms with E-state index in [1.807, 2.05) is 30.5 Å². The Kier molecular flexibility index (Phi) is 3.98. The Balaban J connectivity index is 1.89. The predicted molar refractivity (Wildman–Crippen MR) is 82.2 cm³/mol. The maximum atomic E-state index is 11.9. The average Bonchev–Trinajstić information content (AvgIpc) is 2.49. The van der Waals surface area contributed by atoms with Crippen LogP contribution in [0.2, 0.25) is 0 Å². The highest BCUT2D eigenvalue weighted by Crippen LogP contribution is 2.27. The fourth-order valence-corrected chi connectivity index (χ4v) is 2.96. The van der Waals surface area contributed by atoms with Gasteiger partial charge in [0, 0.05) is 23.8 Å². The molecular weight excluding hydrogens is 332 g/mol. The average molecular weight is 347 g/mol. The molecule has 108 valence electrons. The van der Waals surface area contributed by atoms with E-state index in [9.17, 15) is 4.79 Å². The van der Waals surface area contributed by atoms with Gasteiger partial charge in [-0.15, -0.1) is 0 Å². The zero-order chi connectivity index (χ0) is 14.8. The van der Waals surface area contributed by atoms with Crippen molar-refractivity contribution in [2.45, 2.75) is 19.0 Å². The molecule has 0 unspecified atom stereocenters. The SMILES string of the molecule is NC(=O)[C@H](c1ccc(Br)cc1)N1CCc2cncnc2C1. The van der Waals surface area contributed by atoms with E-state index in [-0.39, 0.29) is 5.91 Å². The summed E-state index contributed by atoms with van der Waals surface area (Å²) in [6.07, 6.45) is 4.22. The Bertz CT molecular complexity index is 659. The van der Waals surface area contributed by atoms with Crippen LogP contribution < -0.4 is 5.73 Å². The molecule has 0 bridgehead atoms. The molecule has 2 aromatic rings. The number of nitrogens with two attached hydrogens (primary N) is 1. The van der Waals surface area contributed by atoms with E-state index in [1.165, 1.54) is 0 Å². The quantitative estimate of drug-likeness (QED) is 0.919. The minimum Gasteiger partial charge on any atom is -0.368 e. The lowest BCUT2D eigenvalue weighted by molar-refractivity contribution is -0.123. The van der Waals surface area contributed by atoms with Gasteiger partial charge in [-0.2, -0.15) is 0 Å². The summed E-state index contributed by atoms with van der Waals surface area (Å²) in [5, 5.41) is 0. The molecule has 0 saturated carbocycles. The molecule has 3 rings (SSSR count). The Labute approximate surface area is 131 Å². The van der Waals surface area contributed by atoms with Crippen LogP contribution in [0.1, 0.15) is 22.9 Å². The van der Waals surface area contributed by atoms with E-state index in [2.05, 4.69) is 30.8 Å². The molecule has 5 nitrogen and oxygen atoms in total. The number of benzene rings is 1. The predicted octanol–water partition coefficient (Wildman–Crippen LogP) is 1.82. The highest BCUT2D eigenvalue weighted by molar-refractivity contribution is 9.10. The largest absolute Gasteiger partial charge is 0.368 e. The van der Waals surface area contributed by atoms with Gasteiger partial charge in [0.05, 0.1) is 5.69 Å².